The van der Waals surface area contributed by atoms with Crippen LogP contribution in [0, 0.1) is 0 Å². The highest BCUT2D eigenvalue weighted by Crippen LogP contribution is 2.30. The number of sulfonamides is 1. The van der Waals surface area contributed by atoms with Crippen LogP contribution in [0.2, 0.25) is 5.02 Å². The molecule has 0 aliphatic carbocycles. The van der Waals surface area contributed by atoms with Gasteiger partial charge < -0.3 is 10.1 Å². The summed E-state index contributed by atoms with van der Waals surface area (Å²) in [6, 6.07) is 19.7. The lowest BCUT2D eigenvalue weighted by Crippen LogP contribution is -2.38. The van der Waals surface area contributed by atoms with E-state index in [1.54, 1.807) is 72.9 Å². The smallest absolute Gasteiger partial charge is 0.265 e. The number of carbonyl (C=O) groups is 1. The number of halogens is 1. The standard InChI is InChI=1S/C24H20ClN3O4S/c1-32-21-10-8-20(9-11-21)28(16-24(29)27-19-6-3-5-18(25)14-19)33(30,31)23-7-2-4-17-15-26-13-12-22(17)23/h2-15H,16H2,1H3,(H,27,29). The van der Waals surface area contributed by atoms with E-state index in [-0.39, 0.29) is 4.90 Å². The number of carbonyl (C=O) groups excluding carboxylic acids is 1. The average Bonchev–Trinajstić information content (AvgIpc) is 2.82. The van der Waals surface area contributed by atoms with Crippen molar-refractivity contribution >= 4 is 49.7 Å². The first-order valence-corrected chi connectivity index (χ1v) is 11.8. The molecule has 0 aliphatic heterocycles. The Balaban J connectivity index is 1.75. The van der Waals surface area contributed by atoms with Gasteiger partial charge in [0.25, 0.3) is 10.0 Å². The minimum absolute atomic E-state index is 0.0776. The van der Waals surface area contributed by atoms with E-state index >= 15 is 0 Å². The van der Waals surface area contributed by atoms with Crippen LogP contribution in [0.15, 0.2) is 90.1 Å². The lowest BCUT2D eigenvalue weighted by Gasteiger charge is -2.25. The monoisotopic (exact) mass is 481 g/mol. The predicted octanol–water partition coefficient (Wildman–Crippen LogP) is 4.73. The largest absolute Gasteiger partial charge is 0.497 e. The van der Waals surface area contributed by atoms with Crippen molar-refractivity contribution in [3.05, 3.63) is 90.2 Å². The molecular weight excluding hydrogens is 462 g/mol. The van der Waals surface area contributed by atoms with Gasteiger partial charge in [0.05, 0.1) is 17.7 Å². The predicted molar refractivity (Wildman–Crippen MR) is 129 cm³/mol. The molecule has 0 fully saturated rings. The second-order valence-electron chi connectivity index (χ2n) is 7.12. The Morgan fingerprint density at radius 2 is 1.82 bits per heavy atom. The van der Waals surface area contributed by atoms with Gasteiger partial charge in [0, 0.05) is 33.9 Å². The van der Waals surface area contributed by atoms with Crippen LogP contribution in [-0.2, 0) is 14.8 Å². The average molecular weight is 482 g/mol. The highest BCUT2D eigenvalue weighted by Gasteiger charge is 2.29. The minimum atomic E-state index is -4.12. The Kier molecular flexibility index (Phi) is 6.48. The molecule has 0 atom stereocenters. The van der Waals surface area contributed by atoms with Gasteiger partial charge in [0.2, 0.25) is 5.91 Å². The van der Waals surface area contributed by atoms with E-state index in [1.165, 1.54) is 19.4 Å². The van der Waals surface area contributed by atoms with Crippen LogP contribution >= 0.6 is 11.6 Å². The maximum atomic E-state index is 13.8. The van der Waals surface area contributed by atoms with E-state index in [0.717, 1.165) is 4.31 Å². The Labute approximate surface area is 196 Å². The molecule has 9 heteroatoms. The van der Waals surface area contributed by atoms with Crippen molar-refractivity contribution in [2.45, 2.75) is 4.90 Å². The first-order chi connectivity index (χ1) is 15.9. The third kappa shape index (κ3) is 4.92. The molecule has 4 aromatic rings. The molecule has 0 bridgehead atoms. The zero-order valence-corrected chi connectivity index (χ0v) is 19.2. The van der Waals surface area contributed by atoms with Crippen LogP contribution in [0.4, 0.5) is 11.4 Å². The molecule has 3 aromatic carbocycles. The summed E-state index contributed by atoms with van der Waals surface area (Å²) in [5, 5.41) is 4.35. The van der Waals surface area contributed by atoms with Gasteiger partial charge in [-0.15, -0.1) is 0 Å². The van der Waals surface area contributed by atoms with E-state index in [1.807, 2.05) is 0 Å². The first-order valence-electron chi connectivity index (χ1n) is 9.93. The van der Waals surface area contributed by atoms with Gasteiger partial charge in [-0.3, -0.25) is 14.1 Å². The molecule has 0 saturated heterocycles. The number of aromatic nitrogens is 1. The van der Waals surface area contributed by atoms with Crippen molar-refractivity contribution in [2.24, 2.45) is 0 Å². The Morgan fingerprint density at radius 3 is 2.55 bits per heavy atom. The second-order valence-corrected chi connectivity index (χ2v) is 9.39. The fraction of sp³-hybridized carbons (Fsp3) is 0.0833. The highest BCUT2D eigenvalue weighted by molar-refractivity contribution is 7.93. The van der Waals surface area contributed by atoms with E-state index in [2.05, 4.69) is 10.3 Å². The molecular formula is C24H20ClN3O4S. The molecule has 0 radical (unpaired) electrons. The van der Waals surface area contributed by atoms with Gasteiger partial charge in [-0.25, -0.2) is 8.42 Å². The Bertz CT molecular complexity index is 1400. The van der Waals surface area contributed by atoms with Crippen molar-refractivity contribution in [2.75, 3.05) is 23.3 Å². The molecule has 1 heterocycles. The maximum Gasteiger partial charge on any atom is 0.265 e. The molecule has 1 aromatic heterocycles. The second kappa shape index (κ2) is 9.48. The third-order valence-corrected chi connectivity index (χ3v) is 7.03. The van der Waals surface area contributed by atoms with Crippen LogP contribution in [0.25, 0.3) is 10.8 Å². The summed E-state index contributed by atoms with van der Waals surface area (Å²) in [5.74, 6) is 0.0503. The molecule has 4 rings (SSSR count). The number of methoxy groups -OCH3 is 1. The van der Waals surface area contributed by atoms with Gasteiger partial charge in [-0.05, 0) is 54.6 Å². The first kappa shape index (κ1) is 22.6. The van der Waals surface area contributed by atoms with Crippen molar-refractivity contribution in [3.63, 3.8) is 0 Å². The van der Waals surface area contributed by atoms with E-state index in [9.17, 15) is 13.2 Å². The number of benzene rings is 3. The SMILES string of the molecule is COc1ccc(N(CC(=O)Nc2cccc(Cl)c2)S(=O)(=O)c2cccc3cnccc23)cc1. The summed E-state index contributed by atoms with van der Waals surface area (Å²) >= 11 is 5.99. The number of hydrogen-bond acceptors (Lipinski definition) is 5. The maximum absolute atomic E-state index is 13.8. The molecule has 0 unspecified atom stereocenters. The molecule has 7 nitrogen and oxygen atoms in total. The summed E-state index contributed by atoms with van der Waals surface area (Å²) in [6.07, 6.45) is 3.13. The Morgan fingerprint density at radius 1 is 1.06 bits per heavy atom. The number of nitrogens with one attached hydrogen (secondary N) is 1. The zero-order valence-electron chi connectivity index (χ0n) is 17.6. The topological polar surface area (TPSA) is 88.6 Å². The highest BCUT2D eigenvalue weighted by atomic mass is 35.5. The van der Waals surface area contributed by atoms with E-state index in [4.69, 9.17) is 16.3 Å². The quantitative estimate of drug-likeness (QED) is 0.412. The number of fused-ring (bicyclic) bond motifs is 1. The fourth-order valence-electron chi connectivity index (χ4n) is 3.40. The van der Waals surface area contributed by atoms with Crippen molar-refractivity contribution in [1.82, 2.24) is 4.98 Å². The van der Waals surface area contributed by atoms with Gasteiger partial charge >= 0.3 is 0 Å². The van der Waals surface area contributed by atoms with Gasteiger partial charge in [0.15, 0.2) is 0 Å². The normalized spacial score (nSPS) is 11.2. The Hall–Kier alpha value is -3.62. The third-order valence-electron chi connectivity index (χ3n) is 4.96. The lowest BCUT2D eigenvalue weighted by atomic mass is 10.2. The van der Waals surface area contributed by atoms with Crippen LogP contribution in [0.5, 0.6) is 5.75 Å². The molecule has 1 N–H and O–H groups in total. The van der Waals surface area contributed by atoms with Crippen LogP contribution < -0.4 is 14.4 Å². The number of hydrogen-bond donors (Lipinski definition) is 1. The van der Waals surface area contributed by atoms with Gasteiger partial charge in [0.1, 0.15) is 12.3 Å². The fourth-order valence-corrected chi connectivity index (χ4v) is 5.23. The number of nitrogens with zero attached hydrogens (tertiary/aromatic N) is 2. The molecule has 0 saturated carbocycles. The number of pyridine rings is 1. The summed E-state index contributed by atoms with van der Waals surface area (Å²) in [5.41, 5.74) is 0.791. The molecule has 1 amide bonds. The molecule has 168 valence electrons. The van der Waals surface area contributed by atoms with Crippen molar-refractivity contribution < 1.29 is 17.9 Å². The lowest BCUT2D eigenvalue weighted by molar-refractivity contribution is -0.114. The molecule has 33 heavy (non-hydrogen) atoms. The summed E-state index contributed by atoms with van der Waals surface area (Å²) < 4.78 is 33.9. The molecule has 0 aliphatic rings. The summed E-state index contributed by atoms with van der Waals surface area (Å²) in [7, 11) is -2.60. The summed E-state index contributed by atoms with van der Waals surface area (Å²) in [6.45, 7) is -0.442. The number of rotatable bonds is 7. The van der Waals surface area contributed by atoms with Gasteiger partial charge in [-0.2, -0.15) is 0 Å². The molecule has 0 spiro atoms. The summed E-state index contributed by atoms with van der Waals surface area (Å²) in [4.78, 5) is 17.0. The van der Waals surface area contributed by atoms with Crippen molar-refractivity contribution in [3.8, 4) is 5.75 Å². The number of ether oxygens (including phenoxy) is 1. The minimum Gasteiger partial charge on any atom is -0.497 e. The zero-order chi connectivity index (χ0) is 23.4. The van der Waals surface area contributed by atoms with Crippen LogP contribution in [0.1, 0.15) is 0 Å². The van der Waals surface area contributed by atoms with E-state index in [0.29, 0.717) is 32.9 Å². The van der Waals surface area contributed by atoms with Gasteiger partial charge in [-0.1, -0.05) is 29.8 Å². The number of anilines is 2. The van der Waals surface area contributed by atoms with Crippen LogP contribution in [-0.4, -0.2) is 33.0 Å². The van der Waals surface area contributed by atoms with E-state index < -0.39 is 22.5 Å². The van der Waals surface area contributed by atoms with Crippen LogP contribution in [0.3, 0.4) is 0 Å². The number of amides is 1. The van der Waals surface area contributed by atoms with Crippen molar-refractivity contribution in [1.29, 1.82) is 0 Å².